The van der Waals surface area contributed by atoms with E-state index in [-0.39, 0.29) is 0 Å². The van der Waals surface area contributed by atoms with Crippen LogP contribution < -0.4 is 4.90 Å². The van der Waals surface area contributed by atoms with Crippen molar-refractivity contribution < 1.29 is 4.79 Å². The van der Waals surface area contributed by atoms with Crippen molar-refractivity contribution in [3.63, 3.8) is 0 Å². The average molecular weight is 262 g/mol. The van der Waals surface area contributed by atoms with Gasteiger partial charge >= 0.3 is 0 Å². The molecule has 0 aromatic heterocycles. The van der Waals surface area contributed by atoms with E-state index in [4.69, 9.17) is 11.6 Å². The van der Waals surface area contributed by atoms with E-state index in [0.29, 0.717) is 5.02 Å². The molecule has 2 aromatic carbocycles. The highest BCUT2D eigenvalue weighted by atomic mass is 35.5. The van der Waals surface area contributed by atoms with Crippen molar-refractivity contribution >= 4 is 41.1 Å². The third-order valence-electron chi connectivity index (χ3n) is 2.64. The van der Waals surface area contributed by atoms with E-state index < -0.39 is 0 Å². The summed E-state index contributed by atoms with van der Waals surface area (Å²) in [4.78, 5) is 15.0. The fourth-order valence-electron chi connectivity index (χ4n) is 1.90. The van der Waals surface area contributed by atoms with E-state index in [9.17, 15) is 4.79 Å². The molecule has 0 radical (unpaired) electrons. The molecule has 4 heteroatoms. The van der Waals surface area contributed by atoms with Gasteiger partial charge < -0.3 is 0 Å². The lowest BCUT2D eigenvalue weighted by Crippen LogP contribution is -2.18. The lowest BCUT2D eigenvalue weighted by Gasteiger charge is -2.28. The molecule has 0 spiro atoms. The maximum Gasteiger partial charge on any atom is 0.218 e. The van der Waals surface area contributed by atoms with Crippen molar-refractivity contribution in [2.75, 3.05) is 4.90 Å². The predicted molar refractivity (Wildman–Crippen MR) is 70.2 cm³/mol. The number of fused-ring (bicyclic) bond motifs is 2. The second-order valence-electron chi connectivity index (χ2n) is 3.63. The highest BCUT2D eigenvalue weighted by molar-refractivity contribution is 7.99. The Morgan fingerprint density at radius 1 is 1.06 bits per heavy atom. The molecule has 1 heterocycles. The molecule has 1 aliphatic heterocycles. The molecule has 0 unspecified atom stereocenters. The van der Waals surface area contributed by atoms with Gasteiger partial charge in [-0.3, -0.25) is 9.69 Å². The van der Waals surface area contributed by atoms with Crippen LogP contribution in [0.5, 0.6) is 0 Å². The summed E-state index contributed by atoms with van der Waals surface area (Å²) in [6, 6.07) is 13.5. The van der Waals surface area contributed by atoms with Gasteiger partial charge in [0.15, 0.2) is 0 Å². The van der Waals surface area contributed by atoms with Gasteiger partial charge in [0, 0.05) is 9.79 Å². The largest absolute Gasteiger partial charge is 0.280 e. The van der Waals surface area contributed by atoms with Crippen LogP contribution in [0.2, 0.25) is 5.02 Å². The number of rotatable bonds is 1. The normalized spacial score (nSPS) is 12.9. The lowest BCUT2D eigenvalue weighted by molar-refractivity contribution is -0.106. The highest BCUT2D eigenvalue weighted by Gasteiger charge is 2.24. The molecule has 1 amide bonds. The summed E-state index contributed by atoms with van der Waals surface area (Å²) in [5.74, 6) is 0. The molecule has 2 aromatic rings. The molecular weight excluding hydrogens is 254 g/mol. The second-order valence-corrected chi connectivity index (χ2v) is 5.12. The zero-order valence-electron chi connectivity index (χ0n) is 8.76. The van der Waals surface area contributed by atoms with Crippen LogP contribution in [0.15, 0.2) is 52.3 Å². The highest BCUT2D eigenvalue weighted by Crippen LogP contribution is 2.49. The Hall–Kier alpha value is -1.45. The van der Waals surface area contributed by atoms with Crippen molar-refractivity contribution in [3.8, 4) is 0 Å². The lowest BCUT2D eigenvalue weighted by atomic mass is 10.2. The first-order valence-electron chi connectivity index (χ1n) is 5.11. The number of carbonyl (C=O) groups is 1. The Morgan fingerprint density at radius 2 is 1.82 bits per heavy atom. The molecule has 3 rings (SSSR count). The second kappa shape index (κ2) is 4.09. The number of para-hydroxylation sites is 2. The third kappa shape index (κ3) is 1.63. The molecule has 1 aliphatic rings. The summed E-state index contributed by atoms with van der Waals surface area (Å²) >= 11 is 7.80. The first-order valence-corrected chi connectivity index (χ1v) is 6.30. The monoisotopic (exact) mass is 261 g/mol. The number of hydrogen-bond donors (Lipinski definition) is 0. The zero-order chi connectivity index (χ0) is 11.8. The molecule has 84 valence electrons. The predicted octanol–water partition coefficient (Wildman–Crippen LogP) is 4.10. The van der Waals surface area contributed by atoms with Gasteiger partial charge in [-0.15, -0.1) is 0 Å². The van der Waals surface area contributed by atoms with Gasteiger partial charge in [-0.05, 0) is 24.3 Å². The van der Waals surface area contributed by atoms with Crippen LogP contribution in [0.4, 0.5) is 11.4 Å². The number of anilines is 2. The van der Waals surface area contributed by atoms with E-state index in [1.807, 2.05) is 36.4 Å². The van der Waals surface area contributed by atoms with Crippen molar-refractivity contribution in [3.05, 3.63) is 47.5 Å². The number of halogens is 1. The zero-order valence-corrected chi connectivity index (χ0v) is 10.3. The smallest absolute Gasteiger partial charge is 0.218 e. The van der Waals surface area contributed by atoms with E-state index in [0.717, 1.165) is 27.6 Å². The maximum absolute atomic E-state index is 11.3. The summed E-state index contributed by atoms with van der Waals surface area (Å²) in [5.41, 5.74) is 1.65. The van der Waals surface area contributed by atoms with Gasteiger partial charge in [0.1, 0.15) is 0 Å². The molecule has 0 bridgehead atoms. The number of carbonyl (C=O) groups excluding carboxylic acids is 1. The summed E-state index contributed by atoms with van der Waals surface area (Å²) in [7, 11) is 0. The number of benzene rings is 2. The summed E-state index contributed by atoms with van der Waals surface area (Å²) in [6.07, 6.45) is 0.809. The Kier molecular flexibility index (Phi) is 2.57. The molecule has 0 aliphatic carbocycles. The van der Waals surface area contributed by atoms with Crippen molar-refractivity contribution in [2.24, 2.45) is 0 Å². The minimum Gasteiger partial charge on any atom is -0.280 e. The summed E-state index contributed by atoms with van der Waals surface area (Å²) in [6.45, 7) is 0. The Bertz CT molecular complexity index is 600. The molecular formula is C13H8ClNOS. The van der Waals surface area contributed by atoms with Crippen LogP contribution in [0.25, 0.3) is 0 Å². The van der Waals surface area contributed by atoms with Crippen molar-refractivity contribution in [1.29, 1.82) is 0 Å². The Balaban J connectivity index is 2.26. The van der Waals surface area contributed by atoms with Crippen LogP contribution in [-0.4, -0.2) is 6.41 Å². The molecule has 0 fully saturated rings. The van der Waals surface area contributed by atoms with Gasteiger partial charge in [-0.1, -0.05) is 41.6 Å². The van der Waals surface area contributed by atoms with Crippen LogP contribution in [0.3, 0.4) is 0 Å². The first kappa shape index (κ1) is 10.7. The minimum absolute atomic E-state index is 0.594. The first-order chi connectivity index (χ1) is 8.31. The fourth-order valence-corrected chi connectivity index (χ4v) is 3.33. The summed E-state index contributed by atoms with van der Waals surface area (Å²) < 4.78 is 0. The van der Waals surface area contributed by atoms with E-state index in [1.165, 1.54) is 0 Å². The molecule has 0 N–H and O–H groups in total. The van der Waals surface area contributed by atoms with E-state index >= 15 is 0 Å². The topological polar surface area (TPSA) is 20.3 Å². The van der Waals surface area contributed by atoms with Crippen LogP contribution in [0, 0.1) is 0 Å². The van der Waals surface area contributed by atoms with Crippen LogP contribution in [-0.2, 0) is 4.79 Å². The minimum atomic E-state index is 0.594. The third-order valence-corrected chi connectivity index (χ3v) is 4.06. The molecule has 17 heavy (non-hydrogen) atoms. The molecule has 0 saturated carbocycles. The van der Waals surface area contributed by atoms with E-state index in [2.05, 4.69) is 0 Å². The molecule has 0 atom stereocenters. The standard InChI is InChI=1S/C13H8ClNOS/c14-9-4-3-7-12-13(9)15(8-16)10-5-1-2-6-11(10)17-12/h1-8H. The Labute approximate surface area is 108 Å². The van der Waals surface area contributed by atoms with E-state index in [1.54, 1.807) is 22.7 Å². The van der Waals surface area contributed by atoms with Crippen molar-refractivity contribution in [1.82, 2.24) is 0 Å². The quantitative estimate of drug-likeness (QED) is 0.721. The Morgan fingerprint density at radius 3 is 2.65 bits per heavy atom. The van der Waals surface area contributed by atoms with Gasteiger partial charge in [-0.25, -0.2) is 0 Å². The summed E-state index contributed by atoms with van der Waals surface area (Å²) in [5, 5.41) is 0.594. The van der Waals surface area contributed by atoms with Crippen molar-refractivity contribution in [2.45, 2.75) is 9.79 Å². The number of nitrogens with zero attached hydrogens (tertiary/aromatic N) is 1. The fraction of sp³-hybridized carbons (Fsp3) is 0. The van der Waals surface area contributed by atoms with Crippen LogP contribution in [0.1, 0.15) is 0 Å². The number of hydrogen-bond acceptors (Lipinski definition) is 2. The molecule has 0 saturated heterocycles. The van der Waals surface area contributed by atoms with Gasteiger partial charge in [-0.2, -0.15) is 0 Å². The van der Waals surface area contributed by atoms with Gasteiger partial charge in [0.25, 0.3) is 0 Å². The number of amides is 1. The molecule has 2 nitrogen and oxygen atoms in total. The van der Waals surface area contributed by atoms with Gasteiger partial charge in [0.2, 0.25) is 6.41 Å². The average Bonchev–Trinajstić information content (AvgIpc) is 2.36. The van der Waals surface area contributed by atoms with Gasteiger partial charge in [0.05, 0.1) is 16.4 Å². The van der Waals surface area contributed by atoms with Crippen LogP contribution >= 0.6 is 23.4 Å². The maximum atomic E-state index is 11.3. The SMILES string of the molecule is O=CN1c2ccccc2Sc2cccc(Cl)c21.